The summed E-state index contributed by atoms with van der Waals surface area (Å²) in [6, 6.07) is 1.16. The van der Waals surface area contributed by atoms with Crippen molar-refractivity contribution in [2.75, 3.05) is 0 Å². The van der Waals surface area contributed by atoms with Gasteiger partial charge in [-0.2, -0.15) is 5.26 Å². The van der Waals surface area contributed by atoms with Crippen LogP contribution in [0.25, 0.3) is 0 Å². The Morgan fingerprint density at radius 2 is 1.53 bits per heavy atom. The normalized spacial score (nSPS) is 11.8. The van der Waals surface area contributed by atoms with Crippen molar-refractivity contribution in [2.45, 2.75) is 19.4 Å². The Bertz CT molecular complexity index is 538. The molecule has 0 heterocycles. The molecule has 0 aliphatic carbocycles. The summed E-state index contributed by atoms with van der Waals surface area (Å²) in [6.07, 6.45) is -2.44. The predicted molar refractivity (Wildman–Crippen MR) is 51.0 cm³/mol. The van der Waals surface area contributed by atoms with Crippen LogP contribution in [0.15, 0.2) is 0 Å². The molecule has 1 rings (SSSR count). The van der Waals surface area contributed by atoms with Crippen LogP contribution in [0.4, 0.5) is 22.0 Å². The second-order valence-corrected chi connectivity index (χ2v) is 3.34. The van der Waals surface area contributed by atoms with Gasteiger partial charge < -0.3 is 4.74 Å². The van der Waals surface area contributed by atoms with Gasteiger partial charge in [0.25, 0.3) is 0 Å². The molecule has 0 fully saturated rings. The van der Waals surface area contributed by atoms with Gasteiger partial charge in [0.05, 0.1) is 5.56 Å². The minimum atomic E-state index is -2.35. The fraction of sp³-hybridized carbons (Fsp3) is 0.273. The molecule has 0 aromatic heterocycles. The zero-order chi connectivity index (χ0) is 14.7. The fourth-order valence-electron chi connectivity index (χ4n) is 1.22. The number of carbonyl (C=O) groups is 1. The van der Waals surface area contributed by atoms with E-state index in [9.17, 15) is 26.7 Å². The lowest BCUT2D eigenvalue weighted by Crippen LogP contribution is -2.15. The van der Waals surface area contributed by atoms with Crippen molar-refractivity contribution in [3.05, 3.63) is 34.6 Å². The largest absolute Gasteiger partial charge is 0.442 e. The first-order valence-corrected chi connectivity index (χ1v) is 4.95. The number of rotatable bonds is 3. The molecule has 0 bridgehead atoms. The van der Waals surface area contributed by atoms with Crippen LogP contribution in [0.3, 0.4) is 0 Å². The van der Waals surface area contributed by atoms with Gasteiger partial charge in [-0.25, -0.2) is 22.0 Å². The molecule has 0 aliphatic heterocycles. The molecule has 0 spiro atoms. The highest BCUT2D eigenvalue weighted by molar-refractivity contribution is 5.69. The number of carbonyl (C=O) groups excluding carboxylic acids is 1. The molecular formula is C11H6F5NO2. The van der Waals surface area contributed by atoms with Gasteiger partial charge in [0, 0.05) is 6.42 Å². The zero-order valence-electron chi connectivity index (χ0n) is 9.44. The van der Waals surface area contributed by atoms with E-state index in [1.165, 1.54) is 6.92 Å². The van der Waals surface area contributed by atoms with Gasteiger partial charge in [0.1, 0.15) is 6.07 Å². The van der Waals surface area contributed by atoms with Gasteiger partial charge in [-0.1, -0.05) is 6.92 Å². The standard InChI is InChI=1S/C11H6F5NO2/c1-2-5(18)19-4(3-17)6-7(12)9(14)11(16)10(15)8(6)13/h4H,2H2,1H3/t4-/m0/s1. The van der Waals surface area contributed by atoms with Gasteiger partial charge in [-0.3, -0.25) is 4.79 Å². The van der Waals surface area contributed by atoms with Crippen molar-refractivity contribution in [1.29, 1.82) is 5.26 Å². The third-order valence-corrected chi connectivity index (χ3v) is 2.16. The summed E-state index contributed by atoms with van der Waals surface area (Å²) in [5.74, 6) is -12.2. The summed E-state index contributed by atoms with van der Waals surface area (Å²) < 4.78 is 69.6. The van der Waals surface area contributed by atoms with Crippen LogP contribution in [0, 0.1) is 40.4 Å². The van der Waals surface area contributed by atoms with E-state index >= 15 is 0 Å². The Labute approximate surface area is 104 Å². The van der Waals surface area contributed by atoms with Crippen molar-refractivity contribution in [2.24, 2.45) is 0 Å². The first-order chi connectivity index (χ1) is 8.84. The van der Waals surface area contributed by atoms with Crippen LogP contribution in [-0.2, 0) is 9.53 Å². The monoisotopic (exact) mass is 279 g/mol. The Hall–Kier alpha value is -2.17. The number of nitriles is 1. The molecular weight excluding hydrogens is 273 g/mol. The second kappa shape index (κ2) is 5.65. The van der Waals surface area contributed by atoms with E-state index in [2.05, 4.69) is 4.74 Å². The van der Waals surface area contributed by atoms with E-state index in [4.69, 9.17) is 5.26 Å². The average Bonchev–Trinajstić information content (AvgIpc) is 2.41. The molecule has 8 heteroatoms. The predicted octanol–water partition coefficient (Wildman–Crippen LogP) is 2.90. The first-order valence-electron chi connectivity index (χ1n) is 4.95. The Morgan fingerprint density at radius 1 is 1.11 bits per heavy atom. The Kier molecular flexibility index (Phi) is 4.43. The molecule has 0 aliphatic rings. The zero-order valence-corrected chi connectivity index (χ0v) is 9.44. The highest BCUT2D eigenvalue weighted by atomic mass is 19.2. The number of hydrogen-bond donors (Lipinski definition) is 0. The molecule has 0 radical (unpaired) electrons. The van der Waals surface area contributed by atoms with E-state index < -0.39 is 46.7 Å². The molecule has 0 saturated carbocycles. The molecule has 3 nitrogen and oxygen atoms in total. The Morgan fingerprint density at radius 3 is 1.89 bits per heavy atom. The van der Waals surface area contributed by atoms with Crippen molar-refractivity contribution < 1.29 is 31.5 Å². The van der Waals surface area contributed by atoms with E-state index in [0.717, 1.165) is 6.07 Å². The summed E-state index contributed by atoms with van der Waals surface area (Å²) in [4.78, 5) is 10.9. The number of nitrogens with zero attached hydrogens (tertiary/aromatic N) is 1. The lowest BCUT2D eigenvalue weighted by molar-refractivity contribution is -0.146. The topological polar surface area (TPSA) is 50.1 Å². The van der Waals surface area contributed by atoms with Crippen LogP contribution in [0.1, 0.15) is 25.0 Å². The third kappa shape index (κ3) is 2.65. The maximum absolute atomic E-state index is 13.3. The van der Waals surface area contributed by atoms with Gasteiger partial charge in [-0.15, -0.1) is 0 Å². The highest BCUT2D eigenvalue weighted by Crippen LogP contribution is 2.29. The molecule has 1 aromatic rings. The van der Waals surface area contributed by atoms with Crippen LogP contribution >= 0.6 is 0 Å². The molecule has 0 saturated heterocycles. The molecule has 0 N–H and O–H groups in total. The second-order valence-electron chi connectivity index (χ2n) is 3.34. The van der Waals surface area contributed by atoms with Crippen LogP contribution in [0.2, 0.25) is 0 Å². The molecule has 0 unspecified atom stereocenters. The quantitative estimate of drug-likeness (QED) is 0.370. The highest BCUT2D eigenvalue weighted by Gasteiger charge is 2.32. The van der Waals surface area contributed by atoms with E-state index in [0.29, 0.717) is 0 Å². The van der Waals surface area contributed by atoms with Crippen molar-refractivity contribution >= 4 is 5.97 Å². The van der Waals surface area contributed by atoms with Crippen molar-refractivity contribution in [3.63, 3.8) is 0 Å². The number of halogens is 5. The average molecular weight is 279 g/mol. The molecule has 0 amide bonds. The van der Waals surface area contributed by atoms with E-state index in [-0.39, 0.29) is 6.42 Å². The Balaban J connectivity index is 3.41. The molecule has 102 valence electrons. The van der Waals surface area contributed by atoms with Crippen molar-refractivity contribution in [3.8, 4) is 6.07 Å². The fourth-order valence-corrected chi connectivity index (χ4v) is 1.22. The van der Waals surface area contributed by atoms with Gasteiger partial charge >= 0.3 is 5.97 Å². The smallest absolute Gasteiger partial charge is 0.307 e. The van der Waals surface area contributed by atoms with Gasteiger partial charge in [0.2, 0.25) is 11.9 Å². The molecule has 1 atom stereocenters. The number of hydrogen-bond acceptors (Lipinski definition) is 3. The summed E-state index contributed by atoms with van der Waals surface area (Å²) in [5, 5.41) is 8.62. The summed E-state index contributed by atoms with van der Waals surface area (Å²) in [7, 11) is 0. The maximum atomic E-state index is 13.3. The van der Waals surface area contributed by atoms with Gasteiger partial charge in [0.15, 0.2) is 23.3 Å². The summed E-state index contributed by atoms with van der Waals surface area (Å²) in [5.41, 5.74) is -1.49. The summed E-state index contributed by atoms with van der Waals surface area (Å²) in [6.45, 7) is 1.33. The lowest BCUT2D eigenvalue weighted by atomic mass is 10.1. The third-order valence-electron chi connectivity index (χ3n) is 2.16. The van der Waals surface area contributed by atoms with Crippen LogP contribution in [-0.4, -0.2) is 5.97 Å². The van der Waals surface area contributed by atoms with Crippen LogP contribution in [0.5, 0.6) is 0 Å². The van der Waals surface area contributed by atoms with Crippen LogP contribution < -0.4 is 0 Å². The van der Waals surface area contributed by atoms with Crippen molar-refractivity contribution in [1.82, 2.24) is 0 Å². The molecule has 1 aromatic carbocycles. The lowest BCUT2D eigenvalue weighted by Gasteiger charge is -2.13. The number of ether oxygens (including phenoxy) is 1. The SMILES string of the molecule is CCC(=O)O[C@@H](C#N)c1c(F)c(F)c(F)c(F)c1F. The van der Waals surface area contributed by atoms with Gasteiger partial charge in [-0.05, 0) is 0 Å². The number of esters is 1. The van der Waals surface area contributed by atoms with E-state index in [1.54, 1.807) is 0 Å². The minimum absolute atomic E-state index is 0.229. The maximum Gasteiger partial charge on any atom is 0.307 e. The molecule has 19 heavy (non-hydrogen) atoms. The minimum Gasteiger partial charge on any atom is -0.442 e. The number of benzene rings is 1. The summed E-state index contributed by atoms with van der Waals surface area (Å²) >= 11 is 0. The first kappa shape index (κ1) is 14.9. The van der Waals surface area contributed by atoms with E-state index in [1.807, 2.05) is 0 Å².